The molecule has 0 saturated carbocycles. The van der Waals surface area contributed by atoms with Crippen LogP contribution in [0.1, 0.15) is 11.1 Å². The zero-order valence-corrected chi connectivity index (χ0v) is 18.4. The molecule has 0 radical (unpaired) electrons. The average molecular weight is 515 g/mol. The second-order valence-electron chi connectivity index (χ2n) is 6.23. The van der Waals surface area contributed by atoms with Crippen molar-refractivity contribution in [2.45, 2.75) is 6.18 Å². The van der Waals surface area contributed by atoms with Gasteiger partial charge in [0, 0.05) is 4.47 Å². The van der Waals surface area contributed by atoms with Gasteiger partial charge < -0.3 is 9.47 Å². The van der Waals surface area contributed by atoms with Crippen LogP contribution in [0.25, 0.3) is 6.08 Å². The molecule has 0 aromatic heterocycles. The molecule has 0 bridgehead atoms. The molecule has 1 fully saturated rings. The Bertz CT molecular complexity index is 1120. The number of hydrogen-bond acceptors (Lipinski definition) is 5. The minimum Gasteiger partial charge on any atom is -0.493 e. The second kappa shape index (κ2) is 8.67. The highest BCUT2D eigenvalue weighted by Crippen LogP contribution is 2.36. The Hall–Kier alpha value is -2.92. The molecule has 0 unspecified atom stereocenters. The fourth-order valence-corrected chi connectivity index (χ4v) is 3.57. The van der Waals surface area contributed by atoms with E-state index in [1.54, 1.807) is 6.07 Å². The van der Waals surface area contributed by atoms with Gasteiger partial charge in [0.2, 0.25) is 0 Å². The van der Waals surface area contributed by atoms with Crippen LogP contribution in [-0.2, 0) is 15.8 Å². The van der Waals surface area contributed by atoms with E-state index in [4.69, 9.17) is 21.7 Å². The molecule has 3 rings (SSSR count). The lowest BCUT2D eigenvalue weighted by Crippen LogP contribution is -2.54. The third kappa shape index (κ3) is 4.57. The molecular weight excluding hydrogens is 501 g/mol. The predicted molar refractivity (Wildman–Crippen MR) is 115 cm³/mol. The summed E-state index contributed by atoms with van der Waals surface area (Å²) in [7, 11) is 2.88. The van der Waals surface area contributed by atoms with Gasteiger partial charge in [0.15, 0.2) is 16.6 Å². The molecule has 1 saturated heterocycles. The van der Waals surface area contributed by atoms with Crippen molar-refractivity contribution in [3.63, 3.8) is 0 Å². The van der Waals surface area contributed by atoms with E-state index in [0.29, 0.717) is 21.5 Å². The molecular formula is C20H14BrF3N2O4S. The lowest BCUT2D eigenvalue weighted by atomic mass is 10.1. The first kappa shape index (κ1) is 22.8. The highest BCUT2D eigenvalue weighted by Gasteiger charge is 2.36. The van der Waals surface area contributed by atoms with Crippen LogP contribution >= 0.6 is 28.1 Å². The molecule has 1 aliphatic heterocycles. The maximum atomic E-state index is 13.1. The number of carbonyl (C=O) groups is 2. The van der Waals surface area contributed by atoms with Gasteiger partial charge in [-0.05, 0) is 54.2 Å². The van der Waals surface area contributed by atoms with Crippen LogP contribution in [0.4, 0.5) is 18.9 Å². The molecule has 0 aliphatic carbocycles. The third-order valence-electron chi connectivity index (χ3n) is 4.34. The molecule has 6 nitrogen and oxygen atoms in total. The summed E-state index contributed by atoms with van der Waals surface area (Å²) in [5.41, 5.74) is -0.986. The standard InChI is InChI=1S/C20H14BrF3N2O4S/c1-29-15-7-10(14(21)9-16(15)30-2)6-13-17(27)25-19(31)26(18(13)28)12-5-3-4-11(8-12)20(22,23)24/h3-9H,1-2H3,(H,25,27,31)/b13-6+. The Morgan fingerprint density at radius 3 is 2.35 bits per heavy atom. The number of benzene rings is 2. The third-order valence-corrected chi connectivity index (χ3v) is 5.31. The number of halogens is 4. The number of carbonyl (C=O) groups excluding carboxylic acids is 2. The van der Waals surface area contributed by atoms with Crippen LogP contribution in [0.15, 0.2) is 46.4 Å². The Morgan fingerprint density at radius 1 is 1.10 bits per heavy atom. The summed E-state index contributed by atoms with van der Waals surface area (Å²) >= 11 is 8.37. The summed E-state index contributed by atoms with van der Waals surface area (Å²) in [6, 6.07) is 7.23. The Kier molecular flexibility index (Phi) is 6.37. The van der Waals surface area contributed by atoms with E-state index in [2.05, 4.69) is 21.2 Å². The van der Waals surface area contributed by atoms with Gasteiger partial charge in [0.25, 0.3) is 11.8 Å². The molecule has 0 spiro atoms. The van der Waals surface area contributed by atoms with E-state index in [-0.39, 0.29) is 16.4 Å². The lowest BCUT2D eigenvalue weighted by Gasteiger charge is -2.29. The molecule has 2 aromatic carbocycles. The van der Waals surface area contributed by atoms with Crippen molar-refractivity contribution in [2.24, 2.45) is 0 Å². The molecule has 1 aliphatic rings. The Balaban J connectivity index is 2.07. The molecule has 0 atom stereocenters. The van der Waals surface area contributed by atoms with Gasteiger partial charge in [0.1, 0.15) is 5.57 Å². The number of ether oxygens (including phenoxy) is 2. The smallest absolute Gasteiger partial charge is 0.416 e. The fourth-order valence-electron chi connectivity index (χ4n) is 2.85. The van der Waals surface area contributed by atoms with Crippen LogP contribution < -0.4 is 19.7 Å². The maximum absolute atomic E-state index is 13.1. The number of anilines is 1. The molecule has 1 N–H and O–H groups in total. The quantitative estimate of drug-likeness (QED) is 0.374. The SMILES string of the molecule is COc1cc(Br)c(/C=C2\C(=O)NC(=S)N(c3cccc(C(F)(F)F)c3)C2=O)cc1OC. The van der Waals surface area contributed by atoms with Gasteiger partial charge >= 0.3 is 6.18 Å². The maximum Gasteiger partial charge on any atom is 0.416 e. The van der Waals surface area contributed by atoms with Gasteiger partial charge in [0.05, 0.1) is 25.5 Å². The van der Waals surface area contributed by atoms with Crippen molar-refractivity contribution in [3.8, 4) is 11.5 Å². The fraction of sp³-hybridized carbons (Fsp3) is 0.150. The summed E-state index contributed by atoms with van der Waals surface area (Å²) < 4.78 is 50.2. The normalized spacial score (nSPS) is 15.9. The van der Waals surface area contributed by atoms with E-state index in [0.717, 1.165) is 23.1 Å². The van der Waals surface area contributed by atoms with E-state index in [1.165, 1.54) is 32.4 Å². The molecule has 11 heteroatoms. The van der Waals surface area contributed by atoms with Crippen molar-refractivity contribution in [1.29, 1.82) is 0 Å². The average Bonchev–Trinajstić information content (AvgIpc) is 2.71. The van der Waals surface area contributed by atoms with Crippen molar-refractivity contribution >= 4 is 56.8 Å². The minimum absolute atomic E-state index is 0.123. The Morgan fingerprint density at radius 2 is 1.74 bits per heavy atom. The summed E-state index contributed by atoms with van der Waals surface area (Å²) in [6.45, 7) is 0. The zero-order chi connectivity index (χ0) is 22.9. The monoisotopic (exact) mass is 514 g/mol. The van der Waals surface area contributed by atoms with Gasteiger partial charge in [-0.2, -0.15) is 13.2 Å². The highest BCUT2D eigenvalue weighted by molar-refractivity contribution is 9.10. The van der Waals surface area contributed by atoms with Gasteiger partial charge in [-0.25, -0.2) is 0 Å². The first-order valence-corrected chi connectivity index (χ1v) is 9.77. The number of amides is 2. The van der Waals surface area contributed by atoms with E-state index >= 15 is 0 Å². The van der Waals surface area contributed by atoms with Gasteiger partial charge in [-0.1, -0.05) is 22.0 Å². The molecule has 162 valence electrons. The first-order valence-electron chi connectivity index (χ1n) is 8.57. The number of thiocarbonyl (C=S) groups is 1. The van der Waals surface area contributed by atoms with Crippen LogP contribution in [0.3, 0.4) is 0 Å². The van der Waals surface area contributed by atoms with Crippen molar-refractivity contribution in [2.75, 3.05) is 19.1 Å². The van der Waals surface area contributed by atoms with Crippen LogP contribution in [0.2, 0.25) is 0 Å². The molecule has 31 heavy (non-hydrogen) atoms. The summed E-state index contributed by atoms with van der Waals surface area (Å²) in [5, 5.41) is 2.01. The van der Waals surface area contributed by atoms with Crippen LogP contribution in [-0.4, -0.2) is 31.1 Å². The van der Waals surface area contributed by atoms with Gasteiger partial charge in [-0.3, -0.25) is 19.8 Å². The van der Waals surface area contributed by atoms with Crippen molar-refractivity contribution < 1.29 is 32.2 Å². The number of nitrogens with one attached hydrogen (secondary N) is 1. The Labute approximate surface area is 188 Å². The molecule has 2 aromatic rings. The summed E-state index contributed by atoms with van der Waals surface area (Å²) in [4.78, 5) is 26.3. The number of nitrogens with zero attached hydrogens (tertiary/aromatic N) is 1. The highest BCUT2D eigenvalue weighted by atomic mass is 79.9. The predicted octanol–water partition coefficient (Wildman–Crippen LogP) is 4.32. The van der Waals surface area contributed by atoms with E-state index in [1.807, 2.05) is 0 Å². The number of alkyl halides is 3. The number of methoxy groups -OCH3 is 2. The largest absolute Gasteiger partial charge is 0.493 e. The molecule has 1 heterocycles. The topological polar surface area (TPSA) is 67.9 Å². The van der Waals surface area contributed by atoms with E-state index < -0.39 is 23.6 Å². The first-order chi connectivity index (χ1) is 14.6. The number of rotatable bonds is 4. The lowest BCUT2D eigenvalue weighted by molar-refractivity contribution is -0.137. The zero-order valence-electron chi connectivity index (χ0n) is 16.0. The summed E-state index contributed by atoms with van der Waals surface area (Å²) in [6.07, 6.45) is -3.32. The van der Waals surface area contributed by atoms with Gasteiger partial charge in [-0.15, -0.1) is 0 Å². The van der Waals surface area contributed by atoms with Crippen LogP contribution in [0, 0.1) is 0 Å². The van der Waals surface area contributed by atoms with Crippen molar-refractivity contribution in [1.82, 2.24) is 5.32 Å². The van der Waals surface area contributed by atoms with Crippen LogP contribution in [0.5, 0.6) is 11.5 Å². The second-order valence-corrected chi connectivity index (χ2v) is 7.48. The van der Waals surface area contributed by atoms with E-state index in [9.17, 15) is 22.8 Å². The summed E-state index contributed by atoms with van der Waals surface area (Å²) in [5.74, 6) is -0.871. The van der Waals surface area contributed by atoms with Crippen molar-refractivity contribution in [3.05, 3.63) is 57.6 Å². The minimum atomic E-state index is -4.61. The number of hydrogen-bond donors (Lipinski definition) is 1. The molecule has 2 amide bonds.